The third-order valence-corrected chi connectivity index (χ3v) is 10.1. The third-order valence-electron chi connectivity index (χ3n) is 10.1. The molecule has 240 valence electrons. The van der Waals surface area contributed by atoms with Crippen LogP contribution in [0.25, 0.3) is 0 Å². The van der Waals surface area contributed by atoms with Crippen LogP contribution in [0.5, 0.6) is 0 Å². The fourth-order valence-electron chi connectivity index (χ4n) is 8.13. The first kappa shape index (κ1) is 32.6. The lowest BCUT2D eigenvalue weighted by Crippen LogP contribution is -2.60. The van der Waals surface area contributed by atoms with E-state index in [2.05, 4.69) is 20.1 Å². The van der Waals surface area contributed by atoms with Crippen LogP contribution in [0.2, 0.25) is 0 Å². The molecule has 3 saturated heterocycles. The number of hydrogen-bond donors (Lipinski definition) is 1. The van der Waals surface area contributed by atoms with Gasteiger partial charge in [-0.1, -0.05) is 74.0 Å². The molecule has 0 aliphatic carbocycles. The molecule has 8 heteroatoms. The minimum absolute atomic E-state index is 0.0950. The van der Waals surface area contributed by atoms with E-state index < -0.39 is 35.1 Å². The lowest BCUT2D eigenvalue weighted by Gasteiger charge is -2.41. The number of para-hydroxylation sites is 1. The average Bonchev–Trinajstić information content (AvgIpc) is 3.62. The number of carbonyl (C=O) groups is 3. The number of nitrogens with zero attached hydrogens (tertiary/aromatic N) is 3. The molecular weight excluding hydrogens is 566 g/mol. The molecule has 7 atom stereocenters. The molecule has 3 fully saturated rings. The van der Waals surface area contributed by atoms with Gasteiger partial charge >= 0.3 is 0 Å². The zero-order chi connectivity index (χ0) is 32.4. The number of ether oxygens (including phenoxy) is 1. The number of benzene rings is 2. The highest BCUT2D eigenvalue weighted by molar-refractivity contribution is 6.03. The largest absolute Gasteiger partial charge is 0.394 e. The molecule has 45 heavy (non-hydrogen) atoms. The maximum Gasteiger partial charge on any atom is 0.248 e. The molecule has 3 unspecified atom stereocenters. The van der Waals surface area contributed by atoms with E-state index >= 15 is 0 Å². The Morgan fingerprint density at radius 2 is 1.69 bits per heavy atom. The van der Waals surface area contributed by atoms with Gasteiger partial charge in [-0.15, -0.1) is 13.2 Å². The number of aliphatic hydroxyl groups excluding tert-OH is 1. The SMILES string of the molecule is C=CCN(C(=O)[C@@H]1[C@H]2C(=O)N([C@@H](CO)Cc3ccccc3)C(C(=O)N(CC=C)C(C)CCC)C23CC[C@@]1(C)O3)c1ccccc1. The average molecular weight is 614 g/mol. The highest BCUT2D eigenvalue weighted by atomic mass is 16.5. The molecule has 1 spiro atoms. The molecule has 5 rings (SSSR count). The summed E-state index contributed by atoms with van der Waals surface area (Å²) in [6.07, 6.45) is 6.44. The van der Waals surface area contributed by atoms with E-state index in [0.29, 0.717) is 31.5 Å². The van der Waals surface area contributed by atoms with Gasteiger partial charge in [0.1, 0.15) is 11.6 Å². The van der Waals surface area contributed by atoms with Gasteiger partial charge in [-0.05, 0) is 57.2 Å². The van der Waals surface area contributed by atoms with Gasteiger partial charge in [-0.2, -0.15) is 0 Å². The normalized spacial score (nSPS) is 28.0. The predicted octanol–water partition coefficient (Wildman–Crippen LogP) is 4.78. The Hall–Kier alpha value is -3.75. The van der Waals surface area contributed by atoms with Gasteiger partial charge in [-0.3, -0.25) is 14.4 Å². The molecule has 3 aliphatic heterocycles. The first-order chi connectivity index (χ1) is 21.7. The van der Waals surface area contributed by atoms with E-state index in [9.17, 15) is 19.5 Å². The van der Waals surface area contributed by atoms with Crippen LogP contribution >= 0.6 is 0 Å². The van der Waals surface area contributed by atoms with Gasteiger partial charge in [0.15, 0.2) is 0 Å². The smallest absolute Gasteiger partial charge is 0.248 e. The van der Waals surface area contributed by atoms with Crippen LogP contribution in [0, 0.1) is 11.8 Å². The second-order valence-electron chi connectivity index (χ2n) is 13.0. The quantitative estimate of drug-likeness (QED) is 0.310. The molecule has 0 aromatic heterocycles. The van der Waals surface area contributed by atoms with Crippen LogP contribution in [-0.2, 0) is 25.5 Å². The second kappa shape index (κ2) is 13.3. The monoisotopic (exact) mass is 613 g/mol. The molecule has 3 heterocycles. The lowest BCUT2D eigenvalue weighted by atomic mass is 9.66. The van der Waals surface area contributed by atoms with Crippen molar-refractivity contribution < 1.29 is 24.2 Å². The summed E-state index contributed by atoms with van der Waals surface area (Å²) in [6, 6.07) is 17.3. The standard InChI is InChI=1S/C37H47N3O5/c1-6-15-26(4)38(22-7-2)35(44)32-37-21-20-36(5,45-37)30(33(42)39(23-8-3)28-18-13-10-14-19-28)31(37)34(43)40(32)29(25-41)24-27-16-11-9-12-17-27/h7-14,16-19,26,29-32,41H,2-3,6,15,20-25H2,1,4-5H3/t26?,29-,30+,31+,32?,36-,37?/m1/s1. The van der Waals surface area contributed by atoms with E-state index in [1.165, 1.54) is 0 Å². The number of rotatable bonds is 14. The molecule has 3 amide bonds. The summed E-state index contributed by atoms with van der Waals surface area (Å²) in [5.74, 6) is -2.43. The minimum atomic E-state index is -1.20. The van der Waals surface area contributed by atoms with Gasteiger partial charge in [0.05, 0.1) is 30.1 Å². The third kappa shape index (κ3) is 5.63. The number of carbonyl (C=O) groups excluding carboxylic acids is 3. The highest BCUT2D eigenvalue weighted by Crippen LogP contribution is 2.64. The summed E-state index contributed by atoms with van der Waals surface area (Å²) >= 11 is 0. The van der Waals surface area contributed by atoms with E-state index in [4.69, 9.17) is 4.74 Å². The van der Waals surface area contributed by atoms with Crippen molar-refractivity contribution in [2.45, 2.75) is 82.2 Å². The Morgan fingerprint density at radius 3 is 2.29 bits per heavy atom. The second-order valence-corrected chi connectivity index (χ2v) is 13.0. The molecule has 2 aromatic rings. The first-order valence-electron chi connectivity index (χ1n) is 16.2. The number of hydrogen-bond acceptors (Lipinski definition) is 5. The van der Waals surface area contributed by atoms with Gasteiger partial charge < -0.3 is 24.5 Å². The van der Waals surface area contributed by atoms with Crippen LogP contribution in [-0.4, -0.2) is 81.7 Å². The van der Waals surface area contributed by atoms with Gasteiger partial charge in [0.25, 0.3) is 0 Å². The van der Waals surface area contributed by atoms with Crippen LogP contribution in [0.1, 0.15) is 52.0 Å². The van der Waals surface area contributed by atoms with E-state index in [1.54, 1.807) is 26.9 Å². The zero-order valence-electron chi connectivity index (χ0n) is 26.8. The van der Waals surface area contributed by atoms with Crippen LogP contribution in [0.3, 0.4) is 0 Å². The van der Waals surface area contributed by atoms with Crippen molar-refractivity contribution >= 4 is 23.4 Å². The zero-order valence-corrected chi connectivity index (χ0v) is 26.8. The molecule has 1 N–H and O–H groups in total. The fraction of sp³-hybridized carbons (Fsp3) is 0.486. The van der Waals surface area contributed by atoms with Crippen molar-refractivity contribution in [2.75, 3.05) is 24.6 Å². The Labute approximate surface area is 267 Å². The molecule has 3 aliphatic rings. The van der Waals surface area contributed by atoms with Crippen molar-refractivity contribution in [1.82, 2.24) is 9.80 Å². The van der Waals surface area contributed by atoms with Crippen LogP contribution < -0.4 is 4.90 Å². The summed E-state index contributed by atoms with van der Waals surface area (Å²) in [5, 5.41) is 10.8. The summed E-state index contributed by atoms with van der Waals surface area (Å²) in [6.45, 7) is 14.1. The van der Waals surface area contributed by atoms with Gasteiger partial charge in [-0.25, -0.2) is 0 Å². The molecule has 2 bridgehead atoms. The summed E-state index contributed by atoms with van der Waals surface area (Å²) in [4.78, 5) is 49.4. The summed E-state index contributed by atoms with van der Waals surface area (Å²) in [5.41, 5.74) is -0.475. The Balaban J connectivity index is 1.62. The molecule has 8 nitrogen and oxygen atoms in total. The number of likely N-dealkylation sites (tertiary alicyclic amines) is 1. The maximum atomic E-state index is 14.9. The van der Waals surface area contributed by atoms with Crippen molar-refractivity contribution in [3.05, 3.63) is 91.5 Å². The van der Waals surface area contributed by atoms with Crippen molar-refractivity contribution in [3.8, 4) is 0 Å². The van der Waals surface area contributed by atoms with Gasteiger partial charge in [0, 0.05) is 24.8 Å². The molecule has 0 radical (unpaired) electrons. The van der Waals surface area contributed by atoms with Crippen molar-refractivity contribution in [3.63, 3.8) is 0 Å². The van der Waals surface area contributed by atoms with Crippen molar-refractivity contribution in [1.29, 1.82) is 0 Å². The lowest BCUT2D eigenvalue weighted by molar-refractivity contribution is -0.156. The highest BCUT2D eigenvalue weighted by Gasteiger charge is 2.79. The fourth-order valence-corrected chi connectivity index (χ4v) is 8.13. The van der Waals surface area contributed by atoms with Crippen LogP contribution in [0.15, 0.2) is 86.0 Å². The number of aliphatic hydroxyl groups is 1. The summed E-state index contributed by atoms with van der Waals surface area (Å²) in [7, 11) is 0. The minimum Gasteiger partial charge on any atom is -0.394 e. The first-order valence-corrected chi connectivity index (χ1v) is 16.2. The topological polar surface area (TPSA) is 90.4 Å². The van der Waals surface area contributed by atoms with Crippen LogP contribution in [0.4, 0.5) is 5.69 Å². The van der Waals surface area contributed by atoms with E-state index in [1.807, 2.05) is 74.5 Å². The summed E-state index contributed by atoms with van der Waals surface area (Å²) < 4.78 is 6.93. The number of anilines is 1. The van der Waals surface area contributed by atoms with Gasteiger partial charge in [0.2, 0.25) is 17.7 Å². The Kier molecular flexibility index (Phi) is 9.65. The van der Waals surface area contributed by atoms with E-state index in [-0.39, 0.29) is 36.9 Å². The molecular formula is C37H47N3O5. The molecule has 2 aromatic carbocycles. The maximum absolute atomic E-state index is 14.9. The van der Waals surface area contributed by atoms with Crippen molar-refractivity contribution in [2.24, 2.45) is 11.8 Å². The Morgan fingerprint density at radius 1 is 1.04 bits per heavy atom. The Bertz CT molecular complexity index is 1400. The number of fused-ring (bicyclic) bond motifs is 1. The number of amides is 3. The predicted molar refractivity (Wildman–Crippen MR) is 175 cm³/mol. The van der Waals surface area contributed by atoms with E-state index in [0.717, 1.165) is 18.4 Å². The molecule has 0 saturated carbocycles.